The van der Waals surface area contributed by atoms with E-state index in [4.69, 9.17) is 4.74 Å². The maximum atomic E-state index is 13.9. The van der Waals surface area contributed by atoms with Gasteiger partial charge < -0.3 is 14.9 Å². The summed E-state index contributed by atoms with van der Waals surface area (Å²) in [5, 5.41) is 19.9. The van der Waals surface area contributed by atoms with E-state index in [9.17, 15) is 14.6 Å². The average Bonchev–Trinajstić information content (AvgIpc) is 2.29. The van der Waals surface area contributed by atoms with Gasteiger partial charge in [-0.1, -0.05) is 32.9 Å². The van der Waals surface area contributed by atoms with Crippen molar-refractivity contribution in [2.24, 2.45) is 5.41 Å². The van der Waals surface area contributed by atoms with E-state index >= 15 is 0 Å². The molecule has 0 saturated carbocycles. The van der Waals surface area contributed by atoms with E-state index in [0.29, 0.717) is 5.56 Å². The van der Waals surface area contributed by atoms with E-state index in [2.05, 4.69) is 0 Å². The van der Waals surface area contributed by atoms with Crippen LogP contribution in [0.1, 0.15) is 26.3 Å². The smallest absolute Gasteiger partial charge is 0.168 e. The molecule has 0 aliphatic rings. The molecule has 0 spiro atoms. The molecule has 1 aromatic carbocycles. The Kier molecular flexibility index (Phi) is 4.71. The molecule has 1 aromatic rings. The summed E-state index contributed by atoms with van der Waals surface area (Å²) < 4.78 is 18.8. The van der Waals surface area contributed by atoms with Crippen LogP contribution in [-0.2, 0) is 6.42 Å². The summed E-state index contributed by atoms with van der Waals surface area (Å²) in [5.74, 6) is -0.342. The van der Waals surface area contributed by atoms with Gasteiger partial charge in [0, 0.05) is 6.42 Å². The van der Waals surface area contributed by atoms with E-state index in [-0.39, 0.29) is 12.2 Å². The first-order valence-electron chi connectivity index (χ1n) is 5.95. The van der Waals surface area contributed by atoms with Crippen LogP contribution in [0.25, 0.3) is 0 Å². The van der Waals surface area contributed by atoms with Gasteiger partial charge in [-0.2, -0.15) is 0 Å². The molecule has 0 aromatic heterocycles. The van der Waals surface area contributed by atoms with Crippen molar-refractivity contribution >= 4 is 0 Å². The molecule has 0 fully saturated rings. The number of hydrogen-bond acceptors (Lipinski definition) is 3. The Balaban J connectivity index is 2.85. The van der Waals surface area contributed by atoms with Crippen LogP contribution in [0.3, 0.4) is 0 Å². The molecular formula is C14H21FO3. The topological polar surface area (TPSA) is 49.7 Å². The Bertz CT molecular complexity index is 399. The van der Waals surface area contributed by atoms with Crippen LogP contribution in [0.5, 0.6) is 5.75 Å². The molecule has 2 atom stereocenters. The number of aliphatic hydroxyl groups is 2. The molecular weight excluding hydrogens is 235 g/mol. The predicted octanol–water partition coefficient (Wildman–Crippen LogP) is 2.14. The molecule has 18 heavy (non-hydrogen) atoms. The van der Waals surface area contributed by atoms with E-state index < -0.39 is 23.4 Å². The lowest BCUT2D eigenvalue weighted by Gasteiger charge is -2.30. The number of ether oxygens (including phenoxy) is 1. The monoisotopic (exact) mass is 256 g/mol. The highest BCUT2D eigenvalue weighted by Gasteiger charge is 2.29. The first-order valence-corrected chi connectivity index (χ1v) is 5.95. The molecule has 0 amide bonds. The number of benzene rings is 1. The van der Waals surface area contributed by atoms with Crippen LogP contribution in [0.4, 0.5) is 4.39 Å². The summed E-state index contributed by atoms with van der Waals surface area (Å²) in [4.78, 5) is 0. The van der Waals surface area contributed by atoms with Gasteiger partial charge >= 0.3 is 0 Å². The lowest BCUT2D eigenvalue weighted by atomic mass is 9.84. The number of halogens is 1. The number of aliphatic hydroxyl groups excluding tert-OH is 2. The van der Waals surface area contributed by atoms with Crippen molar-refractivity contribution in [1.82, 2.24) is 0 Å². The van der Waals surface area contributed by atoms with Gasteiger partial charge in [-0.25, -0.2) is 4.39 Å². The zero-order valence-electron chi connectivity index (χ0n) is 11.3. The zero-order valence-corrected chi connectivity index (χ0v) is 11.3. The molecule has 4 heteroatoms. The lowest BCUT2D eigenvalue weighted by molar-refractivity contribution is -0.0437. The maximum Gasteiger partial charge on any atom is 0.168 e. The Labute approximate surface area is 107 Å². The average molecular weight is 256 g/mol. The van der Waals surface area contributed by atoms with Crippen molar-refractivity contribution in [3.8, 4) is 5.75 Å². The molecule has 1 rings (SSSR count). The molecule has 102 valence electrons. The highest BCUT2D eigenvalue weighted by molar-refractivity contribution is 5.31. The Morgan fingerprint density at radius 3 is 2.39 bits per heavy atom. The van der Waals surface area contributed by atoms with Crippen LogP contribution < -0.4 is 4.74 Å². The van der Waals surface area contributed by atoms with Crippen LogP contribution in [0.15, 0.2) is 18.2 Å². The predicted molar refractivity (Wildman–Crippen MR) is 68.1 cm³/mol. The third-order valence-corrected chi connectivity index (χ3v) is 2.94. The fourth-order valence-electron chi connectivity index (χ4n) is 1.79. The van der Waals surface area contributed by atoms with E-state index in [1.54, 1.807) is 12.1 Å². The summed E-state index contributed by atoms with van der Waals surface area (Å²) >= 11 is 0. The van der Waals surface area contributed by atoms with Gasteiger partial charge in [-0.3, -0.25) is 0 Å². The summed E-state index contributed by atoms with van der Waals surface area (Å²) in [6.07, 6.45) is -1.86. The van der Waals surface area contributed by atoms with Crippen molar-refractivity contribution < 1.29 is 19.3 Å². The summed E-state index contributed by atoms with van der Waals surface area (Å²) in [6.45, 7) is 5.47. The quantitative estimate of drug-likeness (QED) is 0.867. The summed E-state index contributed by atoms with van der Waals surface area (Å²) in [5.41, 5.74) is -0.112. The standard InChI is InChI=1S/C14H21FO3/c1-14(2,3)13(17)10(16)8-9-6-5-7-11(18-4)12(9)15/h5-7,10,13,16-17H,8H2,1-4H3. The van der Waals surface area contributed by atoms with Crippen molar-refractivity contribution in [1.29, 1.82) is 0 Å². The molecule has 3 nitrogen and oxygen atoms in total. The fraction of sp³-hybridized carbons (Fsp3) is 0.571. The largest absolute Gasteiger partial charge is 0.494 e. The zero-order chi connectivity index (χ0) is 13.9. The number of methoxy groups -OCH3 is 1. The second kappa shape index (κ2) is 5.67. The molecule has 0 bridgehead atoms. The SMILES string of the molecule is COc1cccc(CC(O)C(O)C(C)(C)C)c1F. The van der Waals surface area contributed by atoms with Crippen LogP contribution in [-0.4, -0.2) is 29.5 Å². The molecule has 0 radical (unpaired) electrons. The molecule has 0 aliphatic heterocycles. The van der Waals surface area contributed by atoms with Crippen LogP contribution in [0.2, 0.25) is 0 Å². The van der Waals surface area contributed by atoms with Gasteiger partial charge in [0.1, 0.15) is 0 Å². The molecule has 0 saturated heterocycles. The van der Waals surface area contributed by atoms with E-state index in [1.807, 2.05) is 20.8 Å². The minimum Gasteiger partial charge on any atom is -0.494 e. The highest BCUT2D eigenvalue weighted by Crippen LogP contribution is 2.26. The van der Waals surface area contributed by atoms with Gasteiger partial charge in [-0.05, 0) is 17.0 Å². The normalized spacial score (nSPS) is 15.3. The second-order valence-corrected chi connectivity index (χ2v) is 5.52. The van der Waals surface area contributed by atoms with Crippen molar-refractivity contribution in [3.05, 3.63) is 29.6 Å². The van der Waals surface area contributed by atoms with Crippen LogP contribution >= 0.6 is 0 Å². The van der Waals surface area contributed by atoms with Gasteiger partial charge in [-0.15, -0.1) is 0 Å². The van der Waals surface area contributed by atoms with Gasteiger partial charge in [0.15, 0.2) is 11.6 Å². The van der Waals surface area contributed by atoms with Gasteiger partial charge in [0.25, 0.3) is 0 Å². The second-order valence-electron chi connectivity index (χ2n) is 5.52. The van der Waals surface area contributed by atoms with Crippen LogP contribution in [0, 0.1) is 11.2 Å². The Hall–Kier alpha value is -1.13. The summed E-state index contributed by atoms with van der Waals surface area (Å²) in [7, 11) is 1.39. The van der Waals surface area contributed by atoms with Crippen molar-refractivity contribution in [3.63, 3.8) is 0 Å². The highest BCUT2D eigenvalue weighted by atomic mass is 19.1. The van der Waals surface area contributed by atoms with Crippen molar-refractivity contribution in [2.75, 3.05) is 7.11 Å². The number of hydrogen-bond donors (Lipinski definition) is 2. The minimum absolute atomic E-state index is 0.0570. The lowest BCUT2D eigenvalue weighted by Crippen LogP contribution is -2.39. The third kappa shape index (κ3) is 3.43. The third-order valence-electron chi connectivity index (χ3n) is 2.94. The first kappa shape index (κ1) is 14.9. The maximum absolute atomic E-state index is 13.9. The van der Waals surface area contributed by atoms with E-state index in [1.165, 1.54) is 13.2 Å². The number of rotatable bonds is 4. The van der Waals surface area contributed by atoms with E-state index in [0.717, 1.165) is 0 Å². The molecule has 2 unspecified atom stereocenters. The van der Waals surface area contributed by atoms with Gasteiger partial charge in [0.05, 0.1) is 19.3 Å². The fourth-order valence-corrected chi connectivity index (χ4v) is 1.79. The Morgan fingerprint density at radius 2 is 1.89 bits per heavy atom. The molecule has 0 heterocycles. The van der Waals surface area contributed by atoms with Crippen molar-refractivity contribution in [2.45, 2.75) is 39.4 Å². The summed E-state index contributed by atoms with van der Waals surface area (Å²) in [6, 6.07) is 4.76. The first-order chi connectivity index (χ1) is 8.27. The Morgan fingerprint density at radius 1 is 1.28 bits per heavy atom. The van der Waals surface area contributed by atoms with Gasteiger partial charge in [0.2, 0.25) is 0 Å². The molecule has 2 N–H and O–H groups in total. The molecule has 0 aliphatic carbocycles. The minimum atomic E-state index is -1.01.